The van der Waals surface area contributed by atoms with E-state index in [1.54, 1.807) is 5.01 Å². The molecule has 0 heterocycles. The Balaban J connectivity index is 2.82. The van der Waals surface area contributed by atoms with Crippen molar-refractivity contribution in [2.45, 2.75) is 0 Å². The molecular weight excluding hydrogens is 164 g/mol. The standard InChI is InChI=1S/C2H16N10/c1-12(2)11-10-9-8-7-6-5-4-3/h4-11H,3H2,1-2H3. The minimum atomic E-state index is 1.71. The third-order valence-electron chi connectivity index (χ3n) is 0.664. The number of hydrazine groups is 9. The second-order valence-corrected chi connectivity index (χ2v) is 1.90. The fourth-order valence-corrected chi connectivity index (χ4v) is 0.301. The predicted octanol–water partition coefficient (Wildman–Crippen LogP) is -4.54. The summed E-state index contributed by atoms with van der Waals surface area (Å²) in [6.07, 6.45) is 0. The lowest BCUT2D eigenvalue weighted by Gasteiger charge is -2.14. The number of hydrogen-bond acceptors (Lipinski definition) is 10. The van der Waals surface area contributed by atoms with E-state index in [-0.39, 0.29) is 0 Å². The summed E-state index contributed by atoms with van der Waals surface area (Å²) in [5.74, 6) is 4.86. The van der Waals surface area contributed by atoms with Crippen molar-refractivity contribution in [1.29, 1.82) is 0 Å². The van der Waals surface area contributed by atoms with E-state index in [2.05, 4.69) is 44.3 Å². The lowest BCUT2D eigenvalue weighted by Crippen LogP contribution is -2.64. The van der Waals surface area contributed by atoms with Crippen LogP contribution in [-0.2, 0) is 0 Å². The zero-order chi connectivity index (χ0) is 9.23. The molecule has 0 atom stereocenters. The van der Waals surface area contributed by atoms with Crippen molar-refractivity contribution in [3.63, 3.8) is 0 Å². The fraction of sp³-hybridized carbons (Fsp3) is 1.00. The van der Waals surface area contributed by atoms with Gasteiger partial charge in [-0.05, 0) is 0 Å². The maximum atomic E-state index is 4.86. The van der Waals surface area contributed by atoms with Crippen molar-refractivity contribution >= 4 is 0 Å². The Morgan fingerprint density at radius 2 is 1.33 bits per heavy atom. The highest BCUT2D eigenvalue weighted by Gasteiger charge is 1.82. The van der Waals surface area contributed by atoms with Crippen LogP contribution in [0.3, 0.4) is 0 Å². The topological polar surface area (TPSA) is 126 Å². The van der Waals surface area contributed by atoms with Gasteiger partial charge in [0.05, 0.1) is 0 Å². The van der Waals surface area contributed by atoms with Gasteiger partial charge in [0, 0.05) is 14.1 Å². The maximum Gasteiger partial charge on any atom is 0.00267 e. The minimum absolute atomic E-state index is 1.71. The Morgan fingerprint density at radius 3 is 1.83 bits per heavy atom. The van der Waals surface area contributed by atoms with E-state index in [0.717, 1.165) is 0 Å². The van der Waals surface area contributed by atoms with Crippen LogP contribution in [0.4, 0.5) is 0 Å². The van der Waals surface area contributed by atoms with Crippen molar-refractivity contribution < 1.29 is 0 Å². The molecule has 0 aliphatic rings. The van der Waals surface area contributed by atoms with Gasteiger partial charge in [0.2, 0.25) is 0 Å². The molecule has 0 aromatic rings. The molecule has 0 rings (SSSR count). The number of hydrogen-bond donors (Lipinski definition) is 9. The first-order valence-corrected chi connectivity index (χ1v) is 3.16. The number of rotatable bonds is 8. The molecule has 74 valence electrons. The molecule has 0 aliphatic carbocycles. The molecule has 0 radical (unpaired) electrons. The zero-order valence-corrected chi connectivity index (χ0v) is 7.02. The van der Waals surface area contributed by atoms with Crippen LogP contribution in [0.25, 0.3) is 0 Å². The van der Waals surface area contributed by atoms with Crippen molar-refractivity contribution in [1.82, 2.24) is 49.3 Å². The lowest BCUT2D eigenvalue weighted by molar-refractivity contribution is 0.172. The second-order valence-electron chi connectivity index (χ2n) is 1.90. The van der Waals surface area contributed by atoms with Gasteiger partial charge >= 0.3 is 0 Å². The first kappa shape index (κ1) is 11.6. The van der Waals surface area contributed by atoms with Crippen LogP contribution in [0.1, 0.15) is 0 Å². The zero-order valence-electron chi connectivity index (χ0n) is 7.02. The van der Waals surface area contributed by atoms with E-state index < -0.39 is 0 Å². The highest BCUT2D eigenvalue weighted by molar-refractivity contribution is 4.18. The normalized spacial score (nSPS) is 11.0. The molecule has 0 aromatic carbocycles. The van der Waals surface area contributed by atoms with E-state index in [1.165, 1.54) is 0 Å². The van der Waals surface area contributed by atoms with Gasteiger partial charge < -0.3 is 0 Å². The number of nitrogens with zero attached hydrogens (tertiary/aromatic N) is 1. The van der Waals surface area contributed by atoms with Gasteiger partial charge in [-0.15, -0.1) is 0 Å². The summed E-state index contributed by atoms with van der Waals surface area (Å²) in [6.45, 7) is 0. The van der Waals surface area contributed by atoms with Gasteiger partial charge in [-0.25, -0.2) is 5.01 Å². The van der Waals surface area contributed by atoms with Gasteiger partial charge in [0.25, 0.3) is 0 Å². The van der Waals surface area contributed by atoms with Gasteiger partial charge in [0.15, 0.2) is 0 Å². The molecule has 0 saturated heterocycles. The molecule has 0 saturated carbocycles. The largest absolute Gasteiger partial charge is 0.257 e. The minimum Gasteiger partial charge on any atom is -0.257 e. The SMILES string of the molecule is CN(C)NNNNNNNNN. The van der Waals surface area contributed by atoms with Gasteiger partial charge in [0.1, 0.15) is 0 Å². The quantitative estimate of drug-likeness (QED) is 0.102. The van der Waals surface area contributed by atoms with Crippen LogP contribution in [0.5, 0.6) is 0 Å². The molecule has 10 heteroatoms. The molecule has 0 unspecified atom stereocenters. The molecule has 0 amide bonds. The maximum absolute atomic E-state index is 4.86. The summed E-state index contributed by atoms with van der Waals surface area (Å²) >= 11 is 0. The molecule has 12 heavy (non-hydrogen) atoms. The second kappa shape index (κ2) is 8.69. The highest BCUT2D eigenvalue weighted by Crippen LogP contribution is 1.50. The smallest absolute Gasteiger partial charge is 0.00267 e. The predicted molar refractivity (Wildman–Crippen MR) is 43.0 cm³/mol. The van der Waals surface area contributed by atoms with Crippen LogP contribution in [0.15, 0.2) is 0 Å². The summed E-state index contributed by atoms with van der Waals surface area (Å²) in [4.78, 5) is 0. The van der Waals surface area contributed by atoms with Crippen LogP contribution in [0.2, 0.25) is 0 Å². The Morgan fingerprint density at radius 1 is 0.833 bits per heavy atom. The molecule has 0 fully saturated rings. The molecular formula is C2H16N10. The fourth-order valence-electron chi connectivity index (χ4n) is 0.301. The number of nitrogens with two attached hydrogens (primary N) is 1. The summed E-state index contributed by atoms with van der Waals surface area (Å²) < 4.78 is 0. The molecule has 0 aliphatic heterocycles. The van der Waals surface area contributed by atoms with E-state index in [1.807, 2.05) is 14.1 Å². The van der Waals surface area contributed by atoms with E-state index in [4.69, 9.17) is 5.84 Å². The molecule has 0 aromatic heterocycles. The molecule has 0 spiro atoms. The Hall–Kier alpha value is -0.400. The highest BCUT2D eigenvalue weighted by atomic mass is 15.9. The van der Waals surface area contributed by atoms with Crippen molar-refractivity contribution in [2.75, 3.05) is 14.1 Å². The van der Waals surface area contributed by atoms with E-state index >= 15 is 0 Å². The van der Waals surface area contributed by atoms with E-state index in [0.29, 0.717) is 0 Å². The lowest BCUT2D eigenvalue weighted by atomic mass is 11.2. The van der Waals surface area contributed by atoms with Crippen LogP contribution < -0.4 is 50.1 Å². The Kier molecular flexibility index (Phi) is 8.40. The first-order chi connectivity index (χ1) is 5.77. The Bertz CT molecular complexity index is 81.9. The summed E-state index contributed by atoms with van der Waals surface area (Å²) in [5.41, 5.74) is 19.8. The van der Waals surface area contributed by atoms with Gasteiger partial charge in [-0.2, -0.15) is 44.3 Å². The van der Waals surface area contributed by atoms with Crippen LogP contribution in [0, 0.1) is 0 Å². The summed E-state index contributed by atoms with van der Waals surface area (Å²) in [5, 5.41) is 1.71. The van der Waals surface area contributed by atoms with Crippen molar-refractivity contribution in [2.24, 2.45) is 5.84 Å². The third kappa shape index (κ3) is 9.60. The molecule has 10 N–H and O–H groups in total. The van der Waals surface area contributed by atoms with Crippen LogP contribution >= 0.6 is 0 Å². The van der Waals surface area contributed by atoms with E-state index in [9.17, 15) is 0 Å². The summed E-state index contributed by atoms with van der Waals surface area (Å²) in [7, 11) is 3.67. The average molecular weight is 180 g/mol. The van der Waals surface area contributed by atoms with Crippen LogP contribution in [-0.4, -0.2) is 19.1 Å². The first-order valence-electron chi connectivity index (χ1n) is 3.16. The van der Waals surface area contributed by atoms with Crippen molar-refractivity contribution in [3.05, 3.63) is 0 Å². The average Bonchev–Trinajstić information content (AvgIpc) is 2.02. The number of nitrogens with one attached hydrogen (secondary N) is 8. The summed E-state index contributed by atoms with van der Waals surface area (Å²) in [6, 6.07) is 0. The van der Waals surface area contributed by atoms with Gasteiger partial charge in [-0.3, -0.25) is 5.84 Å². The van der Waals surface area contributed by atoms with Gasteiger partial charge in [-0.1, -0.05) is 0 Å². The third-order valence-corrected chi connectivity index (χ3v) is 0.664. The van der Waals surface area contributed by atoms with Crippen molar-refractivity contribution in [3.8, 4) is 0 Å². The Labute approximate surface area is 70.3 Å². The monoisotopic (exact) mass is 180 g/mol. The molecule has 0 bridgehead atoms. The molecule has 10 nitrogen and oxygen atoms in total.